The Hall–Kier alpha value is -1.23. The Balaban J connectivity index is 3.76. The summed E-state index contributed by atoms with van der Waals surface area (Å²) in [7, 11) is 0. The van der Waals surface area contributed by atoms with Crippen LogP contribution in [0.15, 0.2) is 0 Å². The summed E-state index contributed by atoms with van der Waals surface area (Å²) in [4.78, 5) is 31.2. The minimum absolute atomic E-state index is 0.00769. The lowest BCUT2D eigenvalue weighted by Gasteiger charge is -2.02. The summed E-state index contributed by atoms with van der Waals surface area (Å²) in [6.07, 6.45) is -0.0868. The standard InChI is InChI=1S/C7H11NO4/c1-4(9)6(10)3-2-5(8)7(11)12/h5H,2-3,8H2,1H3,(H,11,12). The Kier molecular flexibility index (Phi) is 4.14. The largest absolute Gasteiger partial charge is 0.480 e. The van der Waals surface area contributed by atoms with E-state index in [1.54, 1.807) is 0 Å². The molecule has 0 saturated heterocycles. The van der Waals surface area contributed by atoms with Gasteiger partial charge in [-0.2, -0.15) is 0 Å². The highest BCUT2D eigenvalue weighted by molar-refractivity contribution is 6.36. The topological polar surface area (TPSA) is 97.5 Å². The van der Waals surface area contributed by atoms with Gasteiger partial charge in [0.25, 0.3) is 0 Å². The van der Waals surface area contributed by atoms with Crippen LogP contribution in [0.1, 0.15) is 19.8 Å². The van der Waals surface area contributed by atoms with Gasteiger partial charge in [0.15, 0.2) is 11.6 Å². The smallest absolute Gasteiger partial charge is 0.320 e. The molecule has 0 aliphatic heterocycles. The minimum atomic E-state index is -1.16. The minimum Gasteiger partial charge on any atom is -0.480 e. The van der Waals surface area contributed by atoms with E-state index in [0.29, 0.717) is 0 Å². The van der Waals surface area contributed by atoms with Crippen LogP contribution in [0.4, 0.5) is 0 Å². The number of hydrogen-bond acceptors (Lipinski definition) is 4. The summed E-state index contributed by atoms with van der Waals surface area (Å²) in [5, 5.41) is 8.31. The molecule has 0 saturated carbocycles. The Morgan fingerprint density at radius 2 is 1.92 bits per heavy atom. The van der Waals surface area contributed by atoms with Gasteiger partial charge in [0, 0.05) is 13.3 Å². The maximum absolute atomic E-state index is 10.7. The van der Waals surface area contributed by atoms with Gasteiger partial charge in [0.1, 0.15) is 6.04 Å². The van der Waals surface area contributed by atoms with Crippen molar-refractivity contribution in [3.8, 4) is 0 Å². The number of ketones is 2. The van der Waals surface area contributed by atoms with E-state index in [1.807, 2.05) is 0 Å². The molecule has 0 spiro atoms. The van der Waals surface area contributed by atoms with E-state index in [1.165, 1.54) is 0 Å². The van der Waals surface area contributed by atoms with Crippen LogP contribution in [0.3, 0.4) is 0 Å². The average molecular weight is 173 g/mol. The molecule has 0 amide bonds. The molecule has 0 aliphatic rings. The number of aliphatic carboxylic acids is 1. The van der Waals surface area contributed by atoms with Crippen molar-refractivity contribution in [2.45, 2.75) is 25.8 Å². The van der Waals surface area contributed by atoms with Crippen molar-refractivity contribution in [3.05, 3.63) is 0 Å². The zero-order valence-electron chi connectivity index (χ0n) is 6.74. The Labute approximate surface area is 69.5 Å². The summed E-state index contributed by atoms with van der Waals surface area (Å²) >= 11 is 0. The highest BCUT2D eigenvalue weighted by Crippen LogP contribution is 1.96. The third kappa shape index (κ3) is 3.82. The monoisotopic (exact) mass is 173 g/mol. The molecule has 3 N–H and O–H groups in total. The quantitative estimate of drug-likeness (QED) is 0.537. The lowest BCUT2D eigenvalue weighted by atomic mass is 10.1. The number of hydrogen-bond donors (Lipinski definition) is 2. The van der Waals surface area contributed by atoms with E-state index in [0.717, 1.165) is 6.92 Å². The molecule has 5 nitrogen and oxygen atoms in total. The van der Waals surface area contributed by atoms with E-state index >= 15 is 0 Å². The van der Waals surface area contributed by atoms with Crippen molar-refractivity contribution in [3.63, 3.8) is 0 Å². The van der Waals surface area contributed by atoms with E-state index in [4.69, 9.17) is 10.8 Å². The van der Waals surface area contributed by atoms with E-state index in [2.05, 4.69) is 0 Å². The zero-order valence-corrected chi connectivity index (χ0v) is 6.74. The van der Waals surface area contributed by atoms with Gasteiger partial charge in [0.05, 0.1) is 0 Å². The third-order valence-corrected chi connectivity index (χ3v) is 1.39. The van der Waals surface area contributed by atoms with Crippen LogP contribution in [-0.4, -0.2) is 28.7 Å². The molecule has 0 radical (unpaired) electrons. The first kappa shape index (κ1) is 10.8. The molecule has 0 aromatic heterocycles. The van der Waals surface area contributed by atoms with Gasteiger partial charge in [-0.05, 0) is 6.42 Å². The van der Waals surface area contributed by atoms with Gasteiger partial charge in [0.2, 0.25) is 0 Å². The highest BCUT2D eigenvalue weighted by Gasteiger charge is 2.15. The molecule has 0 heterocycles. The molecule has 12 heavy (non-hydrogen) atoms. The van der Waals surface area contributed by atoms with Gasteiger partial charge in [-0.3, -0.25) is 14.4 Å². The van der Waals surface area contributed by atoms with Gasteiger partial charge >= 0.3 is 5.97 Å². The highest BCUT2D eigenvalue weighted by atomic mass is 16.4. The van der Waals surface area contributed by atoms with Crippen LogP contribution in [0.2, 0.25) is 0 Å². The maximum atomic E-state index is 10.7. The number of carboxylic acids is 1. The summed E-state index contributed by atoms with van der Waals surface area (Å²) in [6.45, 7) is 1.15. The Morgan fingerprint density at radius 3 is 2.25 bits per heavy atom. The number of carbonyl (C=O) groups is 3. The first-order chi connectivity index (χ1) is 5.45. The second kappa shape index (κ2) is 4.61. The van der Waals surface area contributed by atoms with Crippen molar-refractivity contribution in [2.75, 3.05) is 0 Å². The van der Waals surface area contributed by atoms with Crippen molar-refractivity contribution < 1.29 is 19.5 Å². The van der Waals surface area contributed by atoms with Gasteiger partial charge < -0.3 is 10.8 Å². The normalized spacial score (nSPS) is 12.2. The second-order valence-electron chi connectivity index (χ2n) is 2.46. The van der Waals surface area contributed by atoms with E-state index in [9.17, 15) is 14.4 Å². The first-order valence-electron chi connectivity index (χ1n) is 3.47. The Morgan fingerprint density at radius 1 is 1.42 bits per heavy atom. The molecule has 0 rings (SSSR count). The SMILES string of the molecule is CC(=O)C(=O)CCC(N)C(=O)O. The van der Waals surface area contributed by atoms with Crippen LogP contribution in [0.5, 0.6) is 0 Å². The molecule has 5 heteroatoms. The maximum Gasteiger partial charge on any atom is 0.320 e. The average Bonchev–Trinajstić information content (AvgIpc) is 1.98. The fraction of sp³-hybridized carbons (Fsp3) is 0.571. The fourth-order valence-electron chi connectivity index (χ4n) is 0.586. The van der Waals surface area contributed by atoms with Crippen LogP contribution >= 0.6 is 0 Å². The predicted molar refractivity (Wildman–Crippen MR) is 40.5 cm³/mol. The van der Waals surface area contributed by atoms with E-state index < -0.39 is 23.6 Å². The Bertz CT molecular complexity index is 211. The second-order valence-corrected chi connectivity index (χ2v) is 2.46. The van der Waals surface area contributed by atoms with Gasteiger partial charge in [-0.15, -0.1) is 0 Å². The molecule has 68 valence electrons. The molecular weight excluding hydrogens is 162 g/mol. The van der Waals surface area contributed by atoms with Crippen molar-refractivity contribution >= 4 is 17.5 Å². The van der Waals surface area contributed by atoms with Crippen LogP contribution in [0, 0.1) is 0 Å². The van der Waals surface area contributed by atoms with Crippen molar-refractivity contribution in [2.24, 2.45) is 5.73 Å². The van der Waals surface area contributed by atoms with Crippen LogP contribution < -0.4 is 5.73 Å². The van der Waals surface area contributed by atoms with Crippen LogP contribution in [0.25, 0.3) is 0 Å². The molecule has 0 aromatic rings. The summed E-state index contributed by atoms with van der Waals surface area (Å²) in [5.41, 5.74) is 5.10. The molecule has 1 atom stereocenters. The summed E-state index contributed by atoms with van der Waals surface area (Å²) < 4.78 is 0. The molecule has 0 aromatic carbocycles. The number of nitrogens with two attached hydrogens (primary N) is 1. The number of carboxylic acid groups (broad SMARTS) is 1. The predicted octanol–water partition coefficient (Wildman–Crippen LogP) is -0.663. The van der Waals surface area contributed by atoms with Crippen LogP contribution in [-0.2, 0) is 14.4 Å². The molecule has 0 aliphatic carbocycles. The number of carbonyl (C=O) groups excluding carboxylic acids is 2. The summed E-state index contributed by atoms with van der Waals surface area (Å²) in [5.74, 6) is -2.30. The van der Waals surface area contributed by atoms with E-state index in [-0.39, 0.29) is 12.8 Å². The lowest BCUT2D eigenvalue weighted by molar-refractivity contribution is -0.139. The molecular formula is C7H11NO4. The van der Waals surface area contributed by atoms with Crippen molar-refractivity contribution in [1.29, 1.82) is 0 Å². The van der Waals surface area contributed by atoms with Gasteiger partial charge in [-0.1, -0.05) is 0 Å². The van der Waals surface area contributed by atoms with Gasteiger partial charge in [-0.25, -0.2) is 0 Å². The van der Waals surface area contributed by atoms with Crippen molar-refractivity contribution in [1.82, 2.24) is 0 Å². The molecule has 0 fully saturated rings. The number of rotatable bonds is 5. The summed E-state index contributed by atoms with van der Waals surface area (Å²) in [6, 6.07) is -1.06. The molecule has 0 bridgehead atoms. The first-order valence-corrected chi connectivity index (χ1v) is 3.47. The lowest BCUT2D eigenvalue weighted by Crippen LogP contribution is -2.31. The fourth-order valence-corrected chi connectivity index (χ4v) is 0.586. The molecule has 1 unspecified atom stereocenters. The third-order valence-electron chi connectivity index (χ3n) is 1.39. The number of Topliss-reactive ketones (excluding diaryl/α,β-unsaturated/α-hetero) is 2. The zero-order chi connectivity index (χ0) is 9.72.